The van der Waals surface area contributed by atoms with Crippen LogP contribution < -0.4 is 21.3 Å². The van der Waals surface area contributed by atoms with E-state index < -0.39 is 71.3 Å². The first kappa shape index (κ1) is 44.7. The molecule has 2 aliphatic carbocycles. The zero-order valence-electron chi connectivity index (χ0n) is 33.5. The highest BCUT2D eigenvalue weighted by atomic mass is 19.4. The standard InChI is InChI=1S/C42H55F3N4O8/c1-25(2)33(35(50)42(43,44)45)48-37(52)34(41(6)21-19-26(55-7)20-22-41)49-36(51)32(18-12-13-23-46-38(53)57-40(3,4)5)47-39(54)56-24-31-29-16-10-8-14-27(29)28-15-9-11-17-30(28)31/h8-11,14-17,19-21,25,31-35,50H,12-13,18,22-24H2,1-7H3,(H,46,53)(H,47,54)(H,48,52)(H,49,51)/t32-,33-,34+,35-,41?/m0/s1. The van der Waals surface area contributed by atoms with Crippen LogP contribution >= 0.6 is 0 Å². The van der Waals surface area contributed by atoms with Gasteiger partial charge in [-0.25, -0.2) is 9.59 Å². The molecule has 2 aromatic rings. The number of alkyl carbamates (subject to hydrolysis) is 2. The van der Waals surface area contributed by atoms with E-state index in [0.29, 0.717) is 18.6 Å². The van der Waals surface area contributed by atoms with Crippen LogP contribution in [0, 0.1) is 11.3 Å². The van der Waals surface area contributed by atoms with Gasteiger partial charge >= 0.3 is 18.4 Å². The van der Waals surface area contributed by atoms with E-state index in [9.17, 15) is 37.5 Å². The van der Waals surface area contributed by atoms with Gasteiger partial charge in [0.05, 0.1) is 13.2 Å². The van der Waals surface area contributed by atoms with Gasteiger partial charge < -0.3 is 40.6 Å². The van der Waals surface area contributed by atoms with Crippen LogP contribution in [0.5, 0.6) is 0 Å². The first-order valence-corrected chi connectivity index (χ1v) is 19.1. The van der Waals surface area contributed by atoms with Crippen LogP contribution in [0.3, 0.4) is 0 Å². The minimum Gasteiger partial charge on any atom is -0.497 e. The minimum atomic E-state index is -5.03. The number of unbranched alkanes of at least 4 members (excludes halogenated alkanes) is 1. The van der Waals surface area contributed by atoms with Crippen molar-refractivity contribution < 1.29 is 51.7 Å². The van der Waals surface area contributed by atoms with Crippen LogP contribution in [-0.2, 0) is 23.8 Å². The fourth-order valence-corrected chi connectivity index (χ4v) is 6.96. The molecule has 5 atom stereocenters. The highest BCUT2D eigenvalue weighted by Gasteiger charge is 2.47. The summed E-state index contributed by atoms with van der Waals surface area (Å²) in [7, 11) is 1.46. The van der Waals surface area contributed by atoms with Gasteiger partial charge in [-0.1, -0.05) is 75.4 Å². The Balaban J connectivity index is 1.55. The molecule has 0 spiro atoms. The molecule has 0 radical (unpaired) electrons. The summed E-state index contributed by atoms with van der Waals surface area (Å²) in [4.78, 5) is 53.8. The molecule has 312 valence electrons. The SMILES string of the molecule is COC1=CCC(C)([C@H](NC(=O)[C@H](CCCCNC(=O)OC(C)(C)C)NC(=O)OCC2c3ccccc3-c3ccccc32)C(=O)N[C@@H](C(C)C)[C@H](O)C(F)(F)F)C=C1. The van der Waals surface area contributed by atoms with Crippen LogP contribution in [-0.4, -0.2) is 85.4 Å². The Kier molecular flexibility index (Phi) is 14.8. The molecular weight excluding hydrogens is 745 g/mol. The van der Waals surface area contributed by atoms with Crippen molar-refractivity contribution in [3.05, 3.63) is 83.6 Å². The Morgan fingerprint density at radius 1 is 0.895 bits per heavy atom. The van der Waals surface area contributed by atoms with Crippen molar-refractivity contribution in [3.63, 3.8) is 0 Å². The maximum absolute atomic E-state index is 14.2. The lowest BCUT2D eigenvalue weighted by atomic mass is 9.75. The van der Waals surface area contributed by atoms with Crippen LogP contribution in [0.4, 0.5) is 22.8 Å². The number of halogens is 3. The number of methoxy groups -OCH3 is 1. The lowest BCUT2D eigenvalue weighted by Gasteiger charge is -2.38. The third-order valence-corrected chi connectivity index (χ3v) is 10.1. The van der Waals surface area contributed by atoms with Gasteiger partial charge in [0.2, 0.25) is 11.8 Å². The first-order valence-electron chi connectivity index (χ1n) is 19.1. The van der Waals surface area contributed by atoms with E-state index in [1.165, 1.54) is 21.0 Å². The van der Waals surface area contributed by atoms with E-state index in [2.05, 4.69) is 21.3 Å². The number of hydrogen-bond acceptors (Lipinski definition) is 8. The fraction of sp³-hybridized carbons (Fsp3) is 0.524. The summed E-state index contributed by atoms with van der Waals surface area (Å²) in [5.74, 6) is -2.37. The van der Waals surface area contributed by atoms with Gasteiger partial charge in [-0.05, 0) is 86.8 Å². The van der Waals surface area contributed by atoms with Gasteiger partial charge in [-0.3, -0.25) is 9.59 Å². The maximum Gasteiger partial charge on any atom is 0.416 e. The van der Waals surface area contributed by atoms with Crippen LogP contribution in [0.1, 0.15) is 84.3 Å². The van der Waals surface area contributed by atoms with Crippen molar-refractivity contribution in [2.24, 2.45) is 11.3 Å². The monoisotopic (exact) mass is 800 g/mol. The molecular formula is C42H55F3N4O8. The second-order valence-corrected chi connectivity index (χ2v) is 16.0. The van der Waals surface area contributed by atoms with E-state index in [0.717, 1.165) is 22.3 Å². The predicted octanol–water partition coefficient (Wildman–Crippen LogP) is 6.63. The Labute approximate surface area is 332 Å². The molecule has 1 unspecified atom stereocenters. The van der Waals surface area contributed by atoms with E-state index >= 15 is 0 Å². The molecule has 0 heterocycles. The topological polar surface area (TPSA) is 164 Å². The molecule has 0 fully saturated rings. The molecule has 0 saturated carbocycles. The highest BCUT2D eigenvalue weighted by Crippen LogP contribution is 2.44. The average Bonchev–Trinajstić information content (AvgIpc) is 3.46. The number of amides is 4. The minimum absolute atomic E-state index is 0.0335. The maximum atomic E-state index is 14.2. The second-order valence-electron chi connectivity index (χ2n) is 16.0. The molecule has 0 aromatic heterocycles. The number of benzene rings is 2. The summed E-state index contributed by atoms with van der Waals surface area (Å²) in [5, 5.41) is 20.5. The van der Waals surface area contributed by atoms with E-state index in [1.54, 1.807) is 45.9 Å². The number of hydrogen-bond donors (Lipinski definition) is 5. The van der Waals surface area contributed by atoms with E-state index in [4.69, 9.17) is 14.2 Å². The van der Waals surface area contributed by atoms with Crippen LogP contribution in [0.15, 0.2) is 72.5 Å². The molecule has 15 heteroatoms. The van der Waals surface area contributed by atoms with Gasteiger partial charge in [-0.2, -0.15) is 13.2 Å². The second kappa shape index (κ2) is 18.9. The smallest absolute Gasteiger partial charge is 0.416 e. The summed E-state index contributed by atoms with van der Waals surface area (Å²) in [6, 6.07) is 11.2. The number of carbonyl (C=O) groups excluding carboxylic acids is 4. The van der Waals surface area contributed by atoms with Crippen molar-refractivity contribution in [2.75, 3.05) is 20.3 Å². The largest absolute Gasteiger partial charge is 0.497 e. The number of nitrogens with one attached hydrogen (secondary N) is 4. The molecule has 0 aliphatic heterocycles. The molecule has 4 amide bonds. The number of allylic oxidation sites excluding steroid dienone is 2. The van der Waals surface area contributed by atoms with Crippen LogP contribution in [0.25, 0.3) is 11.1 Å². The Hall–Kier alpha value is -5.05. The average molecular weight is 801 g/mol. The molecule has 0 saturated heterocycles. The summed E-state index contributed by atoms with van der Waals surface area (Å²) >= 11 is 0. The Bertz CT molecular complexity index is 1760. The molecule has 5 N–H and O–H groups in total. The predicted molar refractivity (Wildman–Crippen MR) is 208 cm³/mol. The van der Waals surface area contributed by atoms with E-state index in [1.807, 2.05) is 48.5 Å². The molecule has 12 nitrogen and oxygen atoms in total. The van der Waals surface area contributed by atoms with Crippen LogP contribution in [0.2, 0.25) is 0 Å². The number of aliphatic hydroxyl groups excluding tert-OH is 1. The highest BCUT2D eigenvalue weighted by molar-refractivity contribution is 5.92. The normalized spacial score (nSPS) is 18.6. The van der Waals surface area contributed by atoms with Gasteiger partial charge in [-0.15, -0.1) is 0 Å². The number of fused-ring (bicyclic) bond motifs is 3. The Morgan fingerprint density at radius 3 is 2.04 bits per heavy atom. The third-order valence-electron chi connectivity index (χ3n) is 10.1. The molecule has 0 bridgehead atoms. The van der Waals surface area contributed by atoms with Crippen molar-refractivity contribution >= 4 is 24.0 Å². The van der Waals surface area contributed by atoms with E-state index in [-0.39, 0.29) is 31.9 Å². The van der Waals surface area contributed by atoms with Crippen molar-refractivity contribution in [1.29, 1.82) is 0 Å². The molecule has 4 rings (SSSR count). The number of carbonyl (C=O) groups is 4. The zero-order chi connectivity index (χ0) is 42.1. The van der Waals surface area contributed by atoms with Gasteiger partial charge in [0.25, 0.3) is 0 Å². The number of ether oxygens (including phenoxy) is 3. The first-order chi connectivity index (χ1) is 26.7. The number of rotatable bonds is 16. The quantitative estimate of drug-likeness (QED) is 0.118. The number of aliphatic hydroxyl groups is 1. The molecule has 57 heavy (non-hydrogen) atoms. The fourth-order valence-electron chi connectivity index (χ4n) is 6.96. The van der Waals surface area contributed by atoms with Gasteiger partial charge in [0.15, 0.2) is 6.10 Å². The summed E-state index contributed by atoms with van der Waals surface area (Å²) < 4.78 is 57.3. The lowest BCUT2D eigenvalue weighted by molar-refractivity contribution is -0.215. The lowest BCUT2D eigenvalue weighted by Crippen LogP contribution is -2.62. The summed E-state index contributed by atoms with van der Waals surface area (Å²) in [6.07, 6.45) is -3.61. The van der Waals surface area contributed by atoms with Crippen molar-refractivity contribution in [1.82, 2.24) is 21.3 Å². The van der Waals surface area contributed by atoms with Gasteiger partial charge in [0, 0.05) is 17.9 Å². The van der Waals surface area contributed by atoms with Crippen molar-refractivity contribution in [3.8, 4) is 11.1 Å². The molecule has 2 aliphatic rings. The number of alkyl halides is 3. The Morgan fingerprint density at radius 2 is 1.51 bits per heavy atom. The van der Waals surface area contributed by atoms with Crippen molar-refractivity contribution in [2.45, 2.75) is 109 Å². The zero-order valence-corrected chi connectivity index (χ0v) is 33.5. The summed E-state index contributed by atoms with van der Waals surface area (Å²) in [6.45, 7) is 9.87. The molecule has 2 aromatic carbocycles. The summed E-state index contributed by atoms with van der Waals surface area (Å²) in [5.41, 5.74) is 2.17. The van der Waals surface area contributed by atoms with Gasteiger partial charge in [0.1, 0.15) is 30.1 Å². The third kappa shape index (κ3) is 12.0.